The number of piperazine rings is 1. The van der Waals surface area contributed by atoms with Crippen molar-refractivity contribution in [3.63, 3.8) is 0 Å². The van der Waals surface area contributed by atoms with Gasteiger partial charge in [-0.1, -0.05) is 0 Å². The molecule has 1 fully saturated rings. The van der Waals surface area contributed by atoms with E-state index in [9.17, 15) is 0 Å². The predicted octanol–water partition coefficient (Wildman–Crippen LogP) is 1.09. The molecule has 0 aromatic carbocycles. The van der Waals surface area contributed by atoms with Crippen LogP contribution in [0.5, 0.6) is 0 Å². The van der Waals surface area contributed by atoms with E-state index in [1.807, 2.05) is 11.8 Å². The van der Waals surface area contributed by atoms with Gasteiger partial charge in [0.15, 0.2) is 0 Å². The van der Waals surface area contributed by atoms with Crippen LogP contribution in [0.25, 0.3) is 0 Å². The van der Waals surface area contributed by atoms with Gasteiger partial charge in [0.05, 0.1) is 0 Å². The van der Waals surface area contributed by atoms with E-state index in [0.717, 1.165) is 6.54 Å². The van der Waals surface area contributed by atoms with Gasteiger partial charge in [0.1, 0.15) is 0 Å². The Hall–Kier alpha value is 0.230. The quantitative estimate of drug-likeness (QED) is 0.710. The molecular formula is C12H27N3S. The maximum Gasteiger partial charge on any atom is 0.0219 e. The molecule has 16 heavy (non-hydrogen) atoms. The van der Waals surface area contributed by atoms with Gasteiger partial charge >= 0.3 is 0 Å². The van der Waals surface area contributed by atoms with Crippen LogP contribution in [0.3, 0.4) is 0 Å². The lowest BCUT2D eigenvalue weighted by atomic mass is 10.1. The molecule has 1 rings (SSSR count). The first-order valence-corrected chi connectivity index (χ1v) is 7.71. The van der Waals surface area contributed by atoms with E-state index in [0.29, 0.717) is 12.1 Å². The second kappa shape index (κ2) is 7.54. The van der Waals surface area contributed by atoms with E-state index in [-0.39, 0.29) is 0 Å². The Bertz CT molecular complexity index is 189. The molecule has 0 aromatic rings. The lowest BCUT2D eigenvalue weighted by molar-refractivity contribution is 0.0711. The maximum atomic E-state index is 5.90. The van der Waals surface area contributed by atoms with E-state index >= 15 is 0 Å². The van der Waals surface area contributed by atoms with E-state index in [2.05, 4.69) is 30.0 Å². The molecule has 2 atom stereocenters. The molecule has 96 valence electrons. The third-order valence-corrected chi connectivity index (χ3v) is 4.36. The van der Waals surface area contributed by atoms with Crippen molar-refractivity contribution in [3.05, 3.63) is 0 Å². The van der Waals surface area contributed by atoms with Gasteiger partial charge in [0.25, 0.3) is 0 Å². The Morgan fingerprint density at radius 3 is 2.75 bits per heavy atom. The fraction of sp³-hybridized carbons (Fsp3) is 1.00. The van der Waals surface area contributed by atoms with Crippen LogP contribution >= 0.6 is 11.8 Å². The van der Waals surface area contributed by atoms with Crippen LogP contribution in [-0.4, -0.2) is 67.1 Å². The highest BCUT2D eigenvalue weighted by atomic mass is 32.2. The SMILES string of the molecule is CSCCCC(CN)N1CCN(C)C(C)C1. The zero-order chi connectivity index (χ0) is 12.0. The molecule has 1 aliphatic rings. The molecule has 1 heterocycles. The zero-order valence-electron chi connectivity index (χ0n) is 11.0. The molecule has 0 bridgehead atoms. The number of hydrogen-bond donors (Lipinski definition) is 1. The molecule has 0 amide bonds. The number of hydrogen-bond acceptors (Lipinski definition) is 4. The maximum absolute atomic E-state index is 5.90. The molecule has 4 heteroatoms. The highest BCUT2D eigenvalue weighted by molar-refractivity contribution is 7.98. The van der Waals surface area contributed by atoms with Gasteiger partial charge in [0, 0.05) is 38.3 Å². The van der Waals surface area contributed by atoms with Crippen LogP contribution in [0.1, 0.15) is 19.8 Å². The molecule has 0 radical (unpaired) electrons. The molecule has 1 aliphatic heterocycles. The van der Waals surface area contributed by atoms with E-state index < -0.39 is 0 Å². The third kappa shape index (κ3) is 4.24. The smallest absolute Gasteiger partial charge is 0.0219 e. The standard InChI is InChI=1S/C12H27N3S/c1-11-10-15(7-6-14(11)2)12(9-13)5-4-8-16-3/h11-12H,4-10,13H2,1-3H3. The van der Waals surface area contributed by atoms with Gasteiger partial charge in [-0.3, -0.25) is 4.90 Å². The molecule has 2 N–H and O–H groups in total. The third-order valence-electron chi connectivity index (χ3n) is 3.67. The van der Waals surface area contributed by atoms with Crippen LogP contribution in [0.4, 0.5) is 0 Å². The molecule has 0 saturated carbocycles. The Balaban J connectivity index is 2.34. The first-order valence-electron chi connectivity index (χ1n) is 6.32. The van der Waals surface area contributed by atoms with Crippen LogP contribution in [-0.2, 0) is 0 Å². The normalized spacial score (nSPS) is 25.9. The van der Waals surface area contributed by atoms with Crippen LogP contribution in [0, 0.1) is 0 Å². The molecular weight excluding hydrogens is 218 g/mol. The van der Waals surface area contributed by atoms with Gasteiger partial charge in [-0.05, 0) is 38.8 Å². The summed E-state index contributed by atoms with van der Waals surface area (Å²) in [4.78, 5) is 5.02. The van der Waals surface area contributed by atoms with Gasteiger partial charge in [0.2, 0.25) is 0 Å². The van der Waals surface area contributed by atoms with Crippen molar-refractivity contribution in [3.8, 4) is 0 Å². The van der Waals surface area contributed by atoms with Crippen molar-refractivity contribution in [2.45, 2.75) is 31.8 Å². The van der Waals surface area contributed by atoms with Crippen molar-refractivity contribution in [1.82, 2.24) is 9.80 Å². The number of nitrogens with two attached hydrogens (primary N) is 1. The Labute approximate surface area is 105 Å². The molecule has 2 unspecified atom stereocenters. The van der Waals surface area contributed by atoms with E-state index in [4.69, 9.17) is 5.73 Å². The van der Waals surface area contributed by atoms with Crippen LogP contribution in [0.15, 0.2) is 0 Å². The minimum Gasteiger partial charge on any atom is -0.329 e. The first kappa shape index (κ1) is 14.3. The second-order valence-electron chi connectivity index (χ2n) is 4.85. The van der Waals surface area contributed by atoms with E-state index in [1.54, 1.807) is 0 Å². The van der Waals surface area contributed by atoms with Gasteiger partial charge in [-0.2, -0.15) is 11.8 Å². The molecule has 1 saturated heterocycles. The Morgan fingerprint density at radius 2 is 2.19 bits per heavy atom. The predicted molar refractivity (Wildman–Crippen MR) is 74.1 cm³/mol. The summed E-state index contributed by atoms with van der Waals surface area (Å²) in [5.41, 5.74) is 5.90. The van der Waals surface area contributed by atoms with Crippen LogP contribution in [0.2, 0.25) is 0 Å². The van der Waals surface area contributed by atoms with Crippen LogP contribution < -0.4 is 5.73 Å². The molecule has 3 nitrogen and oxygen atoms in total. The zero-order valence-corrected chi connectivity index (χ0v) is 11.8. The van der Waals surface area contributed by atoms with E-state index in [1.165, 1.54) is 38.2 Å². The minimum absolute atomic E-state index is 0.600. The molecule has 0 spiro atoms. The fourth-order valence-electron chi connectivity index (χ4n) is 2.32. The van der Waals surface area contributed by atoms with Gasteiger partial charge in [-0.15, -0.1) is 0 Å². The summed E-state index contributed by atoms with van der Waals surface area (Å²) in [5.74, 6) is 1.26. The Morgan fingerprint density at radius 1 is 1.44 bits per heavy atom. The first-order chi connectivity index (χ1) is 7.69. The highest BCUT2D eigenvalue weighted by Gasteiger charge is 2.25. The average molecular weight is 245 g/mol. The van der Waals surface area contributed by atoms with Gasteiger partial charge in [-0.25, -0.2) is 0 Å². The summed E-state index contributed by atoms with van der Waals surface area (Å²) < 4.78 is 0. The van der Waals surface area contributed by atoms with Crippen molar-refractivity contribution in [2.24, 2.45) is 5.73 Å². The number of rotatable bonds is 6. The summed E-state index contributed by atoms with van der Waals surface area (Å²) >= 11 is 1.93. The average Bonchev–Trinajstić information content (AvgIpc) is 2.29. The van der Waals surface area contributed by atoms with Crippen molar-refractivity contribution in [1.29, 1.82) is 0 Å². The Kier molecular flexibility index (Phi) is 6.73. The molecule has 0 aliphatic carbocycles. The topological polar surface area (TPSA) is 32.5 Å². The summed E-state index contributed by atoms with van der Waals surface area (Å²) in [6, 6.07) is 1.27. The lowest BCUT2D eigenvalue weighted by Gasteiger charge is -2.41. The number of likely N-dealkylation sites (N-methyl/N-ethyl adjacent to an activating group) is 1. The van der Waals surface area contributed by atoms with Gasteiger partial charge < -0.3 is 10.6 Å². The number of nitrogens with zero attached hydrogens (tertiary/aromatic N) is 2. The van der Waals surface area contributed by atoms with Crippen molar-refractivity contribution < 1.29 is 0 Å². The van der Waals surface area contributed by atoms with Crippen molar-refractivity contribution >= 4 is 11.8 Å². The lowest BCUT2D eigenvalue weighted by Crippen LogP contribution is -2.55. The summed E-state index contributed by atoms with van der Waals surface area (Å²) in [7, 11) is 2.22. The summed E-state index contributed by atoms with van der Waals surface area (Å²) in [5, 5.41) is 0. The summed E-state index contributed by atoms with van der Waals surface area (Å²) in [6.07, 6.45) is 4.73. The summed E-state index contributed by atoms with van der Waals surface area (Å²) in [6.45, 7) is 6.66. The number of thioether (sulfide) groups is 1. The largest absolute Gasteiger partial charge is 0.329 e. The highest BCUT2D eigenvalue weighted by Crippen LogP contribution is 2.14. The second-order valence-corrected chi connectivity index (χ2v) is 5.83. The fourth-order valence-corrected chi connectivity index (χ4v) is 2.78. The van der Waals surface area contributed by atoms with Crippen molar-refractivity contribution in [2.75, 3.05) is 45.2 Å². The molecule has 0 aromatic heterocycles. The minimum atomic E-state index is 0.600. The monoisotopic (exact) mass is 245 g/mol.